The van der Waals surface area contributed by atoms with E-state index in [1.807, 2.05) is 18.0 Å². The molecule has 0 N–H and O–H groups in total. The van der Waals surface area contributed by atoms with Crippen molar-refractivity contribution >= 4 is 40.0 Å². The zero-order chi connectivity index (χ0) is 13.1. The van der Waals surface area contributed by atoms with Crippen LogP contribution in [0.25, 0.3) is 10.8 Å². The van der Waals surface area contributed by atoms with E-state index in [2.05, 4.69) is 34.1 Å². The Labute approximate surface area is 123 Å². The van der Waals surface area contributed by atoms with E-state index >= 15 is 0 Å². The predicted molar refractivity (Wildman–Crippen MR) is 85.5 cm³/mol. The fourth-order valence-corrected chi connectivity index (χ4v) is 3.65. The van der Waals surface area contributed by atoms with Gasteiger partial charge in [-0.25, -0.2) is 4.98 Å². The number of halogens is 1. The molecule has 4 heteroatoms. The molecule has 2 heterocycles. The molecule has 1 fully saturated rings. The molecule has 1 aliphatic heterocycles. The van der Waals surface area contributed by atoms with Gasteiger partial charge in [0.1, 0.15) is 5.82 Å². The first-order valence-corrected chi connectivity index (χ1v) is 8.34. The van der Waals surface area contributed by atoms with E-state index in [0.717, 1.165) is 24.5 Å². The van der Waals surface area contributed by atoms with Gasteiger partial charge in [-0.2, -0.15) is 11.8 Å². The number of alkyl halides is 1. The lowest BCUT2D eigenvalue weighted by atomic mass is 10.1. The summed E-state index contributed by atoms with van der Waals surface area (Å²) in [6.45, 7) is 2.19. The molecule has 0 amide bonds. The molecule has 19 heavy (non-hydrogen) atoms. The van der Waals surface area contributed by atoms with Crippen LogP contribution in [-0.2, 0) is 5.88 Å². The Morgan fingerprint density at radius 3 is 2.84 bits per heavy atom. The lowest BCUT2D eigenvalue weighted by Gasteiger charge is -2.23. The minimum atomic E-state index is 0.518. The van der Waals surface area contributed by atoms with Crippen molar-refractivity contribution in [2.45, 2.75) is 12.3 Å². The highest BCUT2D eigenvalue weighted by molar-refractivity contribution is 7.99. The van der Waals surface area contributed by atoms with E-state index in [1.165, 1.54) is 28.7 Å². The van der Waals surface area contributed by atoms with Crippen LogP contribution in [0.3, 0.4) is 0 Å². The fourth-order valence-electron chi connectivity index (χ4n) is 2.55. The highest BCUT2D eigenvalue weighted by Crippen LogP contribution is 2.29. The number of anilines is 1. The molecule has 0 bridgehead atoms. The maximum Gasteiger partial charge on any atom is 0.136 e. The zero-order valence-corrected chi connectivity index (χ0v) is 12.4. The van der Waals surface area contributed by atoms with Crippen molar-refractivity contribution in [3.63, 3.8) is 0 Å². The Balaban J connectivity index is 2.08. The monoisotopic (exact) mass is 292 g/mol. The number of rotatable bonds is 2. The molecule has 100 valence electrons. The van der Waals surface area contributed by atoms with Gasteiger partial charge in [0.15, 0.2) is 0 Å². The van der Waals surface area contributed by atoms with E-state index in [0.29, 0.717) is 5.88 Å². The van der Waals surface area contributed by atoms with Crippen molar-refractivity contribution < 1.29 is 0 Å². The zero-order valence-electron chi connectivity index (χ0n) is 10.8. The van der Waals surface area contributed by atoms with Crippen LogP contribution in [0.15, 0.2) is 30.5 Å². The summed E-state index contributed by atoms with van der Waals surface area (Å²) in [4.78, 5) is 7.09. The van der Waals surface area contributed by atoms with Crippen molar-refractivity contribution in [2.24, 2.45) is 0 Å². The lowest BCUT2D eigenvalue weighted by molar-refractivity contribution is 0.805. The first-order valence-electron chi connectivity index (χ1n) is 6.65. The van der Waals surface area contributed by atoms with Crippen molar-refractivity contribution in [2.75, 3.05) is 29.5 Å². The van der Waals surface area contributed by atoms with Crippen LogP contribution >= 0.6 is 23.4 Å². The average molecular weight is 293 g/mol. The Hall–Kier alpha value is -0.930. The first-order chi connectivity index (χ1) is 9.40. The minimum absolute atomic E-state index is 0.518. The SMILES string of the molecule is ClCc1cnc(N2CCCSCC2)c2ccccc12. The van der Waals surface area contributed by atoms with Crippen LogP contribution in [0.1, 0.15) is 12.0 Å². The van der Waals surface area contributed by atoms with E-state index < -0.39 is 0 Å². The van der Waals surface area contributed by atoms with Gasteiger partial charge in [0.25, 0.3) is 0 Å². The van der Waals surface area contributed by atoms with Crippen LogP contribution in [0, 0.1) is 0 Å². The van der Waals surface area contributed by atoms with Gasteiger partial charge in [-0.1, -0.05) is 24.3 Å². The summed E-state index contributed by atoms with van der Waals surface area (Å²) < 4.78 is 0. The maximum absolute atomic E-state index is 6.01. The molecule has 3 rings (SSSR count). The summed E-state index contributed by atoms with van der Waals surface area (Å²) in [7, 11) is 0. The minimum Gasteiger partial charge on any atom is -0.355 e. The largest absolute Gasteiger partial charge is 0.355 e. The third-order valence-corrected chi connectivity index (χ3v) is 4.86. The molecule has 0 atom stereocenters. The second-order valence-electron chi connectivity index (χ2n) is 4.74. The van der Waals surface area contributed by atoms with Gasteiger partial charge in [0.2, 0.25) is 0 Å². The van der Waals surface area contributed by atoms with Crippen LogP contribution in [0.2, 0.25) is 0 Å². The Kier molecular flexibility index (Phi) is 4.14. The smallest absolute Gasteiger partial charge is 0.136 e. The molecule has 2 nitrogen and oxygen atoms in total. The van der Waals surface area contributed by atoms with E-state index in [9.17, 15) is 0 Å². The van der Waals surface area contributed by atoms with Crippen LogP contribution in [0.5, 0.6) is 0 Å². The Morgan fingerprint density at radius 2 is 2.00 bits per heavy atom. The third-order valence-electron chi connectivity index (χ3n) is 3.52. The van der Waals surface area contributed by atoms with Gasteiger partial charge < -0.3 is 4.90 Å². The van der Waals surface area contributed by atoms with Crippen LogP contribution in [0.4, 0.5) is 5.82 Å². The normalized spacial score (nSPS) is 16.6. The van der Waals surface area contributed by atoms with E-state index in [-0.39, 0.29) is 0 Å². The molecule has 1 saturated heterocycles. The summed E-state index contributed by atoms with van der Waals surface area (Å²) in [5.41, 5.74) is 1.12. The predicted octanol–water partition coefficient (Wildman–Crippen LogP) is 3.92. The fraction of sp³-hybridized carbons (Fsp3) is 0.400. The van der Waals surface area contributed by atoms with Crippen molar-refractivity contribution in [3.8, 4) is 0 Å². The number of nitrogens with zero attached hydrogens (tertiary/aromatic N) is 2. The molecule has 0 spiro atoms. The number of benzene rings is 1. The highest BCUT2D eigenvalue weighted by atomic mass is 35.5. The number of fused-ring (bicyclic) bond motifs is 1. The molecule has 2 aromatic rings. The topological polar surface area (TPSA) is 16.1 Å². The van der Waals surface area contributed by atoms with Gasteiger partial charge in [0.05, 0.1) is 0 Å². The molecular formula is C15H17ClN2S. The average Bonchev–Trinajstić information content (AvgIpc) is 2.75. The van der Waals surface area contributed by atoms with Gasteiger partial charge >= 0.3 is 0 Å². The number of thioether (sulfide) groups is 1. The van der Waals surface area contributed by atoms with Crippen molar-refractivity contribution in [3.05, 3.63) is 36.0 Å². The number of hydrogen-bond donors (Lipinski definition) is 0. The second kappa shape index (κ2) is 6.02. The molecule has 0 aliphatic carbocycles. The Morgan fingerprint density at radius 1 is 1.16 bits per heavy atom. The summed E-state index contributed by atoms with van der Waals surface area (Å²) in [5, 5.41) is 2.46. The quantitative estimate of drug-likeness (QED) is 0.781. The van der Waals surface area contributed by atoms with Gasteiger partial charge in [0, 0.05) is 36.3 Å². The first kappa shape index (κ1) is 13.1. The highest BCUT2D eigenvalue weighted by Gasteiger charge is 2.15. The molecule has 1 aromatic heterocycles. The number of aromatic nitrogens is 1. The van der Waals surface area contributed by atoms with Gasteiger partial charge in [-0.05, 0) is 23.1 Å². The standard InChI is InChI=1S/C15H17ClN2S/c16-10-12-11-17-15(14-5-2-1-4-13(12)14)18-6-3-8-19-9-7-18/h1-2,4-5,11H,3,6-10H2. The van der Waals surface area contributed by atoms with Crippen LogP contribution in [-0.4, -0.2) is 29.6 Å². The third kappa shape index (κ3) is 2.67. The number of hydrogen-bond acceptors (Lipinski definition) is 3. The number of pyridine rings is 1. The summed E-state index contributed by atoms with van der Waals surface area (Å²) in [5.74, 6) is 4.08. The Bertz CT molecular complexity index is 565. The molecular weight excluding hydrogens is 276 g/mol. The van der Waals surface area contributed by atoms with Gasteiger partial charge in [-0.15, -0.1) is 11.6 Å². The molecule has 1 aliphatic rings. The molecule has 1 aromatic carbocycles. The van der Waals surface area contributed by atoms with E-state index in [1.54, 1.807) is 0 Å². The lowest BCUT2D eigenvalue weighted by Crippen LogP contribution is -2.26. The molecule has 0 saturated carbocycles. The second-order valence-corrected chi connectivity index (χ2v) is 6.23. The summed E-state index contributed by atoms with van der Waals surface area (Å²) >= 11 is 8.05. The van der Waals surface area contributed by atoms with Crippen molar-refractivity contribution in [1.29, 1.82) is 0 Å². The molecule has 0 unspecified atom stereocenters. The molecule has 0 radical (unpaired) electrons. The van der Waals surface area contributed by atoms with Gasteiger partial charge in [-0.3, -0.25) is 0 Å². The van der Waals surface area contributed by atoms with Crippen LogP contribution < -0.4 is 4.90 Å². The van der Waals surface area contributed by atoms with Crippen molar-refractivity contribution in [1.82, 2.24) is 4.98 Å². The summed E-state index contributed by atoms with van der Waals surface area (Å²) in [6.07, 6.45) is 3.17. The van der Waals surface area contributed by atoms with E-state index in [4.69, 9.17) is 11.6 Å². The summed E-state index contributed by atoms with van der Waals surface area (Å²) in [6, 6.07) is 8.45. The maximum atomic E-state index is 6.01.